The van der Waals surface area contributed by atoms with Gasteiger partial charge in [0.2, 0.25) is 5.95 Å². The first kappa shape index (κ1) is 12.9. The zero-order chi connectivity index (χ0) is 13.9. The Balaban J connectivity index is 1.71. The summed E-state index contributed by atoms with van der Waals surface area (Å²) in [4.78, 5) is 10.6. The molecule has 1 atom stereocenters. The molecule has 3 heterocycles. The van der Waals surface area contributed by atoms with Gasteiger partial charge >= 0.3 is 0 Å². The summed E-state index contributed by atoms with van der Waals surface area (Å²) in [5.41, 5.74) is 6.59. The molecule has 2 N–H and O–H groups in total. The summed E-state index contributed by atoms with van der Waals surface area (Å²) in [5.74, 6) is 1.18. The van der Waals surface area contributed by atoms with Gasteiger partial charge < -0.3 is 15.4 Å². The Labute approximate surface area is 117 Å². The normalized spacial score (nSPS) is 19.2. The number of anilines is 2. The van der Waals surface area contributed by atoms with E-state index in [-0.39, 0.29) is 6.10 Å². The van der Waals surface area contributed by atoms with E-state index in [1.165, 1.54) is 0 Å². The lowest BCUT2D eigenvalue weighted by molar-refractivity contribution is 0.0272. The molecule has 0 unspecified atom stereocenters. The van der Waals surface area contributed by atoms with E-state index in [4.69, 9.17) is 10.5 Å². The molecule has 0 spiro atoms. The molecule has 3 rings (SSSR count). The fraction of sp³-hybridized carbons (Fsp3) is 0.462. The van der Waals surface area contributed by atoms with Crippen molar-refractivity contribution in [2.75, 3.05) is 30.3 Å². The van der Waals surface area contributed by atoms with E-state index in [0.717, 1.165) is 31.1 Å². The summed E-state index contributed by atoms with van der Waals surface area (Å²) < 4.78 is 7.67. The second-order valence-corrected chi connectivity index (χ2v) is 4.89. The smallest absolute Gasteiger partial charge is 0.222 e. The van der Waals surface area contributed by atoms with Gasteiger partial charge in [-0.05, 0) is 13.0 Å². The molecule has 1 aliphatic rings. The molecule has 7 heteroatoms. The number of aromatic nitrogens is 4. The van der Waals surface area contributed by atoms with Crippen LogP contribution in [0.3, 0.4) is 0 Å². The Morgan fingerprint density at radius 2 is 2.35 bits per heavy atom. The van der Waals surface area contributed by atoms with Gasteiger partial charge in [-0.2, -0.15) is 10.1 Å². The van der Waals surface area contributed by atoms with Crippen LogP contribution < -0.4 is 10.6 Å². The summed E-state index contributed by atoms with van der Waals surface area (Å²) in [7, 11) is 0. The predicted octanol–water partition coefficient (Wildman–Crippen LogP) is 0.469. The van der Waals surface area contributed by atoms with Crippen molar-refractivity contribution in [3.63, 3.8) is 0 Å². The fourth-order valence-electron chi connectivity index (χ4n) is 2.39. The molecule has 0 saturated carbocycles. The lowest BCUT2D eigenvalue weighted by Gasteiger charge is -2.33. The van der Waals surface area contributed by atoms with Gasteiger partial charge in [-0.3, -0.25) is 4.68 Å². The maximum atomic E-state index is 5.79. The van der Waals surface area contributed by atoms with Crippen molar-refractivity contribution in [1.82, 2.24) is 19.7 Å². The minimum atomic E-state index is 0.0974. The third-order valence-corrected chi connectivity index (χ3v) is 3.27. The van der Waals surface area contributed by atoms with E-state index >= 15 is 0 Å². The van der Waals surface area contributed by atoms with Gasteiger partial charge in [0.25, 0.3) is 0 Å². The molecule has 2 aromatic rings. The van der Waals surface area contributed by atoms with Crippen molar-refractivity contribution >= 4 is 11.8 Å². The number of hydrogen-bond donors (Lipinski definition) is 1. The highest BCUT2D eigenvalue weighted by molar-refractivity contribution is 5.43. The fourth-order valence-corrected chi connectivity index (χ4v) is 2.39. The van der Waals surface area contributed by atoms with Crippen molar-refractivity contribution < 1.29 is 4.74 Å². The van der Waals surface area contributed by atoms with Crippen LogP contribution in [0.5, 0.6) is 0 Å². The number of aryl methyl sites for hydroxylation is 1. The zero-order valence-electron chi connectivity index (χ0n) is 11.4. The van der Waals surface area contributed by atoms with E-state index in [2.05, 4.69) is 20.0 Å². The molecular weight excluding hydrogens is 256 g/mol. The van der Waals surface area contributed by atoms with Crippen molar-refractivity contribution in [3.05, 3.63) is 30.2 Å². The molecule has 0 aliphatic carbocycles. The second-order valence-electron chi connectivity index (χ2n) is 4.89. The Bertz CT molecular complexity index is 550. The molecule has 20 heavy (non-hydrogen) atoms. The summed E-state index contributed by atoms with van der Waals surface area (Å²) in [6.45, 7) is 4.92. The molecule has 1 aliphatic heterocycles. The molecule has 0 radical (unpaired) electrons. The maximum absolute atomic E-state index is 5.79. The molecule has 2 aromatic heterocycles. The minimum absolute atomic E-state index is 0.0974. The quantitative estimate of drug-likeness (QED) is 0.876. The average Bonchev–Trinajstić information content (AvgIpc) is 2.91. The number of nitrogens with zero attached hydrogens (tertiary/aromatic N) is 5. The Kier molecular flexibility index (Phi) is 3.51. The van der Waals surface area contributed by atoms with E-state index in [1.54, 1.807) is 6.20 Å². The standard InChI is InChI=1S/C13H18N6O/c1-10-7-12(17-13(14)16-10)18-5-6-20-11(8-18)9-19-4-2-3-15-19/h2-4,7,11H,5-6,8-9H2,1H3,(H2,14,16,17)/t11-/m1/s1. The molecule has 0 amide bonds. The first-order valence-corrected chi connectivity index (χ1v) is 6.66. The minimum Gasteiger partial charge on any atom is -0.373 e. The molecule has 0 aromatic carbocycles. The largest absolute Gasteiger partial charge is 0.373 e. The van der Waals surface area contributed by atoms with E-state index in [1.807, 2.05) is 29.9 Å². The van der Waals surface area contributed by atoms with Crippen LogP contribution in [0.2, 0.25) is 0 Å². The number of hydrogen-bond acceptors (Lipinski definition) is 6. The number of ether oxygens (including phenoxy) is 1. The molecular formula is C13H18N6O. The van der Waals surface area contributed by atoms with Gasteiger partial charge in [0, 0.05) is 37.2 Å². The van der Waals surface area contributed by atoms with Crippen LogP contribution in [0.25, 0.3) is 0 Å². The summed E-state index contributed by atoms with van der Waals surface area (Å²) in [5, 5.41) is 4.21. The summed E-state index contributed by atoms with van der Waals surface area (Å²) in [6.07, 6.45) is 3.81. The number of rotatable bonds is 3. The van der Waals surface area contributed by atoms with Crippen LogP contribution in [0.4, 0.5) is 11.8 Å². The van der Waals surface area contributed by atoms with Crippen LogP contribution in [-0.4, -0.2) is 45.5 Å². The zero-order valence-corrected chi connectivity index (χ0v) is 11.4. The molecule has 0 bridgehead atoms. The van der Waals surface area contributed by atoms with Crippen LogP contribution in [-0.2, 0) is 11.3 Å². The van der Waals surface area contributed by atoms with Crippen LogP contribution in [0.15, 0.2) is 24.5 Å². The highest BCUT2D eigenvalue weighted by atomic mass is 16.5. The third kappa shape index (κ3) is 2.88. The summed E-state index contributed by atoms with van der Waals surface area (Å²) >= 11 is 0. The lowest BCUT2D eigenvalue weighted by Crippen LogP contribution is -2.44. The van der Waals surface area contributed by atoms with Gasteiger partial charge in [-0.15, -0.1) is 0 Å². The average molecular weight is 274 g/mol. The molecule has 106 valence electrons. The number of morpholine rings is 1. The highest BCUT2D eigenvalue weighted by Crippen LogP contribution is 2.17. The van der Waals surface area contributed by atoms with Crippen molar-refractivity contribution in [3.8, 4) is 0 Å². The topological polar surface area (TPSA) is 82.1 Å². The Morgan fingerprint density at radius 3 is 3.10 bits per heavy atom. The van der Waals surface area contributed by atoms with E-state index in [9.17, 15) is 0 Å². The molecule has 7 nitrogen and oxygen atoms in total. The Hall–Kier alpha value is -2.15. The van der Waals surface area contributed by atoms with Gasteiger partial charge in [0.1, 0.15) is 5.82 Å². The lowest BCUT2D eigenvalue weighted by atomic mass is 10.2. The van der Waals surface area contributed by atoms with Gasteiger partial charge in [0.05, 0.1) is 19.3 Å². The SMILES string of the molecule is Cc1cc(N2CCO[C@@H](Cn3cccn3)C2)nc(N)n1. The molecule has 1 saturated heterocycles. The maximum Gasteiger partial charge on any atom is 0.222 e. The van der Waals surface area contributed by atoms with E-state index in [0.29, 0.717) is 12.6 Å². The van der Waals surface area contributed by atoms with Gasteiger partial charge in [0.15, 0.2) is 0 Å². The van der Waals surface area contributed by atoms with Crippen LogP contribution in [0, 0.1) is 6.92 Å². The summed E-state index contributed by atoms with van der Waals surface area (Å²) in [6, 6.07) is 3.86. The van der Waals surface area contributed by atoms with Crippen molar-refractivity contribution in [2.45, 2.75) is 19.6 Å². The first-order chi connectivity index (χ1) is 9.70. The van der Waals surface area contributed by atoms with Gasteiger partial charge in [-0.1, -0.05) is 0 Å². The third-order valence-electron chi connectivity index (χ3n) is 3.27. The first-order valence-electron chi connectivity index (χ1n) is 6.66. The van der Waals surface area contributed by atoms with Crippen LogP contribution >= 0.6 is 0 Å². The van der Waals surface area contributed by atoms with Crippen LogP contribution in [0.1, 0.15) is 5.69 Å². The Morgan fingerprint density at radius 1 is 1.45 bits per heavy atom. The van der Waals surface area contributed by atoms with Crippen molar-refractivity contribution in [2.24, 2.45) is 0 Å². The molecule has 1 fully saturated rings. The number of nitrogen functional groups attached to an aromatic ring is 1. The van der Waals surface area contributed by atoms with E-state index < -0.39 is 0 Å². The van der Waals surface area contributed by atoms with Crippen molar-refractivity contribution in [1.29, 1.82) is 0 Å². The monoisotopic (exact) mass is 274 g/mol. The second kappa shape index (κ2) is 5.46. The number of nitrogens with two attached hydrogens (primary N) is 1. The predicted molar refractivity (Wildman–Crippen MR) is 75.4 cm³/mol. The highest BCUT2D eigenvalue weighted by Gasteiger charge is 2.22. The van der Waals surface area contributed by atoms with Gasteiger partial charge in [-0.25, -0.2) is 4.98 Å².